The number of phenols is 1. The predicted octanol–water partition coefficient (Wildman–Crippen LogP) is 3.44. The fourth-order valence-electron chi connectivity index (χ4n) is 3.42. The Labute approximate surface area is 192 Å². The van der Waals surface area contributed by atoms with Crippen molar-refractivity contribution in [3.05, 3.63) is 41.9 Å². The molecular formula is C21H27N7O4S. The molecule has 12 heteroatoms. The van der Waals surface area contributed by atoms with Crippen LogP contribution < -0.4 is 21.3 Å². The lowest BCUT2D eigenvalue weighted by Crippen LogP contribution is -2.22. The van der Waals surface area contributed by atoms with E-state index < -0.39 is 15.8 Å². The number of nitrogens with zero attached hydrogens (tertiary/aromatic N) is 3. The van der Waals surface area contributed by atoms with Crippen LogP contribution >= 0.6 is 0 Å². The number of anilines is 5. The maximum Gasteiger partial charge on any atom is 0.246 e. The van der Waals surface area contributed by atoms with E-state index in [1.165, 1.54) is 20.2 Å². The average Bonchev–Trinajstić information content (AvgIpc) is 3.41. The number of fused-ring (bicyclic) bond motifs is 1. The van der Waals surface area contributed by atoms with Crippen LogP contribution in [0.15, 0.2) is 39.6 Å². The van der Waals surface area contributed by atoms with Crippen molar-refractivity contribution in [1.82, 2.24) is 14.3 Å². The zero-order valence-electron chi connectivity index (χ0n) is 18.8. The van der Waals surface area contributed by atoms with Gasteiger partial charge in [0.25, 0.3) is 0 Å². The molecule has 2 aromatic heterocycles. The first-order valence-corrected chi connectivity index (χ1v) is 11.9. The number of hydrogen-bond acceptors (Lipinski definition) is 10. The van der Waals surface area contributed by atoms with Gasteiger partial charge in [-0.05, 0) is 37.6 Å². The molecule has 5 N–H and O–H groups in total. The van der Waals surface area contributed by atoms with Crippen molar-refractivity contribution in [2.45, 2.75) is 31.2 Å². The molecule has 0 spiro atoms. The van der Waals surface area contributed by atoms with E-state index >= 15 is 0 Å². The zero-order chi connectivity index (χ0) is 23.8. The molecular weight excluding hydrogens is 446 g/mol. The van der Waals surface area contributed by atoms with Crippen molar-refractivity contribution in [3.63, 3.8) is 0 Å². The fraction of sp³-hybridized carbons (Fsp3) is 0.333. The van der Waals surface area contributed by atoms with Gasteiger partial charge in [0.05, 0.1) is 18.4 Å². The lowest BCUT2D eigenvalue weighted by Gasteiger charge is -2.20. The lowest BCUT2D eigenvalue weighted by molar-refractivity contribution is 0.452. The van der Waals surface area contributed by atoms with Crippen molar-refractivity contribution in [2.75, 3.05) is 42.0 Å². The van der Waals surface area contributed by atoms with Gasteiger partial charge in [0, 0.05) is 14.1 Å². The van der Waals surface area contributed by atoms with E-state index in [-0.39, 0.29) is 16.6 Å². The van der Waals surface area contributed by atoms with E-state index in [1.807, 2.05) is 26.0 Å². The van der Waals surface area contributed by atoms with Gasteiger partial charge in [0.1, 0.15) is 16.4 Å². The van der Waals surface area contributed by atoms with Crippen molar-refractivity contribution >= 4 is 39.0 Å². The van der Waals surface area contributed by atoms with Gasteiger partial charge in [-0.1, -0.05) is 13.0 Å². The van der Waals surface area contributed by atoms with Crippen LogP contribution in [0.1, 0.15) is 30.9 Å². The largest absolute Gasteiger partial charge is 0.504 e. The highest BCUT2D eigenvalue weighted by molar-refractivity contribution is 7.89. The molecule has 1 aliphatic heterocycles. The Bertz CT molecular complexity index is 1270. The first-order chi connectivity index (χ1) is 15.7. The highest BCUT2D eigenvalue weighted by atomic mass is 32.2. The summed E-state index contributed by atoms with van der Waals surface area (Å²) in [6, 6.07) is 8.10. The van der Waals surface area contributed by atoms with Crippen LogP contribution in [-0.4, -0.2) is 48.6 Å². The third kappa shape index (κ3) is 4.39. The zero-order valence-corrected chi connectivity index (χ0v) is 19.6. The van der Waals surface area contributed by atoms with Crippen LogP contribution in [0.5, 0.6) is 5.75 Å². The number of benzene rings is 1. The minimum absolute atomic E-state index is 0.171. The van der Waals surface area contributed by atoms with Crippen LogP contribution in [0.25, 0.3) is 0 Å². The Morgan fingerprint density at radius 1 is 1.15 bits per heavy atom. The minimum atomic E-state index is -3.84. The molecule has 11 nitrogen and oxygen atoms in total. The molecule has 0 unspecified atom stereocenters. The molecule has 3 heterocycles. The summed E-state index contributed by atoms with van der Waals surface area (Å²) in [7, 11) is -1.03. The third-order valence-corrected chi connectivity index (χ3v) is 7.09. The number of rotatable bonds is 8. The second-order valence-corrected chi connectivity index (χ2v) is 9.89. The molecule has 1 atom stereocenters. The summed E-state index contributed by atoms with van der Waals surface area (Å²) >= 11 is 0. The summed E-state index contributed by atoms with van der Waals surface area (Å²) in [5.74, 6) is 3.03. The summed E-state index contributed by atoms with van der Waals surface area (Å²) in [6.45, 7) is 4.38. The Balaban J connectivity index is 1.73. The van der Waals surface area contributed by atoms with Crippen molar-refractivity contribution in [3.8, 4) is 5.75 Å². The van der Waals surface area contributed by atoms with Crippen molar-refractivity contribution in [1.29, 1.82) is 0 Å². The molecule has 0 saturated carbocycles. The quantitative estimate of drug-likeness (QED) is 0.309. The van der Waals surface area contributed by atoms with Gasteiger partial charge >= 0.3 is 0 Å². The third-order valence-electron chi connectivity index (χ3n) is 5.24. The van der Waals surface area contributed by atoms with Crippen LogP contribution in [-0.2, 0) is 10.0 Å². The highest BCUT2D eigenvalue weighted by Gasteiger charge is 2.25. The highest BCUT2D eigenvalue weighted by Crippen LogP contribution is 2.38. The molecule has 0 amide bonds. The monoisotopic (exact) mass is 473 g/mol. The Kier molecular flexibility index (Phi) is 6.04. The maximum absolute atomic E-state index is 12.6. The van der Waals surface area contributed by atoms with Crippen molar-refractivity contribution < 1.29 is 17.9 Å². The number of nitrogens with one attached hydrogen (secondary N) is 4. The molecule has 0 saturated heterocycles. The van der Waals surface area contributed by atoms with Gasteiger partial charge in [0.2, 0.25) is 10.0 Å². The standard InChI is InChI=1S/C21H27N7O4S/c1-5-13(15-10-9-12(2)32-15)24-20-21(27-19-18(26-20)22-11-23-19)25-14-7-6-8-16(17(14)29)33(30,31)28(3)4/h6-10,13,29H,5,11H2,1-4H3,(H2,22,24,26)(H2,23,25,27)/t13-/m1/s1. The van der Waals surface area contributed by atoms with Crippen LogP contribution in [0.4, 0.5) is 29.0 Å². The summed E-state index contributed by atoms with van der Waals surface area (Å²) in [5, 5.41) is 23.3. The Hall–Kier alpha value is -3.51. The van der Waals surface area contributed by atoms with Gasteiger partial charge in [-0.25, -0.2) is 22.7 Å². The van der Waals surface area contributed by atoms with Gasteiger partial charge < -0.3 is 30.8 Å². The number of furan rings is 1. The minimum Gasteiger partial charge on any atom is -0.504 e. The second-order valence-electron chi connectivity index (χ2n) is 7.77. The number of hydrogen-bond donors (Lipinski definition) is 5. The van der Waals surface area contributed by atoms with Crippen LogP contribution in [0, 0.1) is 6.92 Å². The average molecular weight is 474 g/mol. The Morgan fingerprint density at radius 3 is 2.45 bits per heavy atom. The SMILES string of the molecule is CC[C@@H](Nc1nc2c(nc1Nc1cccc(S(=O)(=O)N(C)C)c1O)NCN2)c1ccc(C)o1. The van der Waals surface area contributed by atoms with Crippen LogP contribution in [0.2, 0.25) is 0 Å². The van der Waals surface area contributed by atoms with Crippen LogP contribution in [0.3, 0.4) is 0 Å². The molecule has 0 radical (unpaired) electrons. The van der Waals surface area contributed by atoms with E-state index in [1.54, 1.807) is 12.1 Å². The van der Waals surface area contributed by atoms with E-state index in [2.05, 4.69) is 31.2 Å². The number of phenolic OH excluding ortho intramolecular Hbond substituents is 1. The summed E-state index contributed by atoms with van der Waals surface area (Å²) < 4.78 is 32.0. The van der Waals surface area contributed by atoms with Gasteiger partial charge in [-0.15, -0.1) is 0 Å². The summed E-state index contributed by atoms with van der Waals surface area (Å²) in [6.07, 6.45) is 0.721. The molecule has 176 valence electrons. The van der Waals surface area contributed by atoms with E-state index in [0.717, 1.165) is 22.2 Å². The first-order valence-electron chi connectivity index (χ1n) is 10.4. The molecule has 1 aromatic carbocycles. The number of para-hydroxylation sites is 1. The molecule has 0 fully saturated rings. The number of sulfonamides is 1. The van der Waals surface area contributed by atoms with E-state index in [4.69, 9.17) is 4.42 Å². The lowest BCUT2D eigenvalue weighted by atomic mass is 10.1. The molecule has 0 bridgehead atoms. The number of aromatic hydroxyl groups is 1. The van der Waals surface area contributed by atoms with Gasteiger partial charge in [0.15, 0.2) is 29.0 Å². The predicted molar refractivity (Wildman–Crippen MR) is 127 cm³/mol. The second kappa shape index (κ2) is 8.79. The molecule has 33 heavy (non-hydrogen) atoms. The Morgan fingerprint density at radius 2 is 1.85 bits per heavy atom. The molecule has 0 aliphatic carbocycles. The first kappa shape index (κ1) is 22.7. The van der Waals surface area contributed by atoms with Gasteiger partial charge in [-0.3, -0.25) is 0 Å². The molecule has 1 aliphatic rings. The molecule has 4 rings (SSSR count). The summed E-state index contributed by atoms with van der Waals surface area (Å²) in [4.78, 5) is 9.02. The normalized spacial score (nSPS) is 13.8. The maximum atomic E-state index is 12.6. The molecule has 3 aromatic rings. The fourth-order valence-corrected chi connectivity index (χ4v) is 4.42. The summed E-state index contributed by atoms with van der Waals surface area (Å²) in [5.41, 5.74) is 0.183. The van der Waals surface area contributed by atoms with E-state index in [9.17, 15) is 13.5 Å². The number of aromatic nitrogens is 2. The number of aryl methyl sites for hydroxylation is 1. The topological polar surface area (TPSA) is 145 Å². The van der Waals surface area contributed by atoms with Crippen molar-refractivity contribution in [2.24, 2.45) is 0 Å². The van der Waals surface area contributed by atoms with E-state index in [0.29, 0.717) is 29.9 Å². The smallest absolute Gasteiger partial charge is 0.246 e. The van der Waals surface area contributed by atoms with Gasteiger partial charge in [-0.2, -0.15) is 0 Å².